The molecule has 2 atom stereocenters. The Morgan fingerprint density at radius 3 is 2.67 bits per heavy atom. The molecule has 100 valence electrons. The predicted molar refractivity (Wildman–Crippen MR) is 69.6 cm³/mol. The Labute approximate surface area is 116 Å². The van der Waals surface area contributed by atoms with Gasteiger partial charge < -0.3 is 15.2 Å². The van der Waals surface area contributed by atoms with Crippen molar-refractivity contribution < 1.29 is 14.6 Å². The van der Waals surface area contributed by atoms with E-state index in [1.807, 2.05) is 6.92 Å². The van der Waals surface area contributed by atoms with Gasteiger partial charge in [0.1, 0.15) is 11.3 Å². The number of carbonyl (C=O) groups is 1. The number of carbonyl (C=O) groups excluding carboxylic acids is 1. The highest BCUT2D eigenvalue weighted by Crippen LogP contribution is 2.46. The van der Waals surface area contributed by atoms with Crippen molar-refractivity contribution in [2.24, 2.45) is 0 Å². The van der Waals surface area contributed by atoms with Crippen molar-refractivity contribution in [1.29, 1.82) is 0 Å². The molecule has 1 amide bonds. The summed E-state index contributed by atoms with van der Waals surface area (Å²) in [6, 6.07) is 0. The van der Waals surface area contributed by atoms with E-state index in [0.717, 1.165) is 5.57 Å². The number of nitrogens with one attached hydrogen (secondary N) is 1. The summed E-state index contributed by atoms with van der Waals surface area (Å²) in [7, 11) is 0. The van der Waals surface area contributed by atoms with Gasteiger partial charge in [0.05, 0.1) is 5.03 Å². The Hall–Kier alpha value is -0.710. The first kappa shape index (κ1) is 13.7. The highest BCUT2D eigenvalue weighted by molar-refractivity contribution is 6.36. The number of allylic oxidation sites excluding steroid dienone is 2. The normalized spacial score (nSPS) is 31.8. The molecule has 0 radical (unpaired) electrons. The fraction of sp³-hybridized carbons (Fsp3) is 0.583. The zero-order valence-corrected chi connectivity index (χ0v) is 11.7. The van der Waals surface area contributed by atoms with Crippen LogP contribution >= 0.6 is 23.2 Å². The molecule has 2 aliphatic rings. The Bertz CT molecular complexity index is 458. The van der Waals surface area contributed by atoms with Gasteiger partial charge in [0.25, 0.3) is 5.91 Å². The molecule has 2 unspecified atom stereocenters. The molecule has 2 rings (SSSR count). The summed E-state index contributed by atoms with van der Waals surface area (Å²) < 4.78 is 5.37. The van der Waals surface area contributed by atoms with Gasteiger partial charge in [0.2, 0.25) is 0 Å². The zero-order chi connectivity index (χ0) is 13.5. The molecule has 2 N–H and O–H groups in total. The summed E-state index contributed by atoms with van der Waals surface area (Å²) >= 11 is 12.3. The quantitative estimate of drug-likeness (QED) is 0.786. The predicted octanol–water partition coefficient (Wildman–Crippen LogP) is 2.58. The molecule has 0 aromatic carbocycles. The summed E-state index contributed by atoms with van der Waals surface area (Å²) in [5.74, 6) is -0.305. The number of halogens is 2. The fourth-order valence-electron chi connectivity index (χ4n) is 2.44. The number of aliphatic hydroxyl groups excluding tert-OH is 1. The van der Waals surface area contributed by atoms with Crippen LogP contribution in [0.3, 0.4) is 0 Å². The van der Waals surface area contributed by atoms with E-state index in [0.29, 0.717) is 24.5 Å². The van der Waals surface area contributed by atoms with E-state index in [-0.39, 0.29) is 16.7 Å². The standard InChI is InChI=1S/C12H15Cl2NO3/c1-3-6-7(13)5-12(9(16)8(6)14)10(18-4-2)11(17)15-12/h10,16H,3-5H2,1-2H3,(H,15,17). The summed E-state index contributed by atoms with van der Waals surface area (Å²) in [5, 5.41) is 13.7. The highest BCUT2D eigenvalue weighted by atomic mass is 35.5. The molecule has 1 aliphatic heterocycles. The summed E-state index contributed by atoms with van der Waals surface area (Å²) in [6.07, 6.45) is 0.213. The van der Waals surface area contributed by atoms with Gasteiger partial charge in [-0.25, -0.2) is 0 Å². The van der Waals surface area contributed by atoms with E-state index in [1.54, 1.807) is 6.92 Å². The molecular weight excluding hydrogens is 277 g/mol. The third-order valence-corrected chi connectivity index (χ3v) is 4.14. The van der Waals surface area contributed by atoms with Crippen LogP contribution in [0.5, 0.6) is 0 Å². The SMILES string of the molecule is CCOC1C(=O)NC12CC(Cl)=C(CC)C(Cl)=C2O. The second-order valence-corrected chi connectivity index (χ2v) is 5.21. The van der Waals surface area contributed by atoms with Crippen LogP contribution in [0.1, 0.15) is 26.7 Å². The van der Waals surface area contributed by atoms with E-state index >= 15 is 0 Å². The number of ether oxygens (including phenoxy) is 1. The first-order valence-electron chi connectivity index (χ1n) is 5.88. The minimum Gasteiger partial charge on any atom is -0.508 e. The Morgan fingerprint density at radius 1 is 1.50 bits per heavy atom. The molecule has 0 bridgehead atoms. The van der Waals surface area contributed by atoms with Crippen LogP contribution in [0.15, 0.2) is 21.4 Å². The van der Waals surface area contributed by atoms with Crippen molar-refractivity contribution in [2.45, 2.75) is 38.3 Å². The average molecular weight is 292 g/mol. The maximum Gasteiger partial charge on any atom is 0.253 e. The molecule has 0 aromatic rings. The smallest absolute Gasteiger partial charge is 0.253 e. The second-order valence-electron chi connectivity index (χ2n) is 4.37. The van der Waals surface area contributed by atoms with Gasteiger partial charge >= 0.3 is 0 Å². The first-order chi connectivity index (χ1) is 8.47. The van der Waals surface area contributed by atoms with E-state index in [4.69, 9.17) is 27.9 Å². The van der Waals surface area contributed by atoms with Crippen molar-refractivity contribution in [3.8, 4) is 0 Å². The van der Waals surface area contributed by atoms with Crippen LogP contribution in [-0.2, 0) is 9.53 Å². The number of hydrogen-bond acceptors (Lipinski definition) is 3. The minimum atomic E-state index is -0.986. The zero-order valence-electron chi connectivity index (χ0n) is 10.2. The largest absolute Gasteiger partial charge is 0.508 e. The number of β-lactam (4-membered cyclic amide) rings is 1. The van der Waals surface area contributed by atoms with Crippen molar-refractivity contribution in [3.05, 3.63) is 21.4 Å². The molecule has 0 saturated carbocycles. The lowest BCUT2D eigenvalue weighted by molar-refractivity contribution is -0.157. The minimum absolute atomic E-state index is 0.0523. The third-order valence-electron chi connectivity index (χ3n) is 3.38. The lowest BCUT2D eigenvalue weighted by Crippen LogP contribution is -2.75. The van der Waals surface area contributed by atoms with Gasteiger partial charge in [-0.15, -0.1) is 0 Å². The first-order valence-corrected chi connectivity index (χ1v) is 6.64. The molecule has 1 heterocycles. The van der Waals surface area contributed by atoms with Crippen molar-refractivity contribution in [3.63, 3.8) is 0 Å². The topological polar surface area (TPSA) is 58.6 Å². The molecule has 1 aliphatic carbocycles. The Kier molecular flexibility index (Phi) is 3.63. The van der Waals surface area contributed by atoms with Crippen molar-refractivity contribution in [1.82, 2.24) is 5.32 Å². The highest BCUT2D eigenvalue weighted by Gasteiger charge is 2.60. The molecule has 1 spiro atoms. The van der Waals surface area contributed by atoms with Crippen LogP contribution in [0, 0.1) is 0 Å². The molecule has 18 heavy (non-hydrogen) atoms. The lowest BCUT2D eigenvalue weighted by atomic mass is 9.75. The number of hydrogen-bond donors (Lipinski definition) is 2. The Balaban J connectivity index is 2.39. The van der Waals surface area contributed by atoms with Crippen molar-refractivity contribution >= 4 is 29.1 Å². The van der Waals surface area contributed by atoms with Crippen LogP contribution in [0.25, 0.3) is 0 Å². The number of rotatable bonds is 3. The molecule has 0 aromatic heterocycles. The van der Waals surface area contributed by atoms with Crippen molar-refractivity contribution in [2.75, 3.05) is 6.61 Å². The summed E-state index contributed by atoms with van der Waals surface area (Å²) in [6.45, 7) is 4.08. The summed E-state index contributed by atoms with van der Waals surface area (Å²) in [5.41, 5.74) is -0.266. The van der Waals surface area contributed by atoms with E-state index in [9.17, 15) is 9.90 Å². The van der Waals surface area contributed by atoms with E-state index < -0.39 is 11.6 Å². The third kappa shape index (κ3) is 1.75. The Morgan fingerprint density at radius 2 is 2.17 bits per heavy atom. The maximum absolute atomic E-state index is 11.5. The van der Waals surface area contributed by atoms with Gasteiger partial charge in [-0.1, -0.05) is 30.1 Å². The fourth-order valence-corrected chi connectivity index (χ4v) is 3.35. The number of aliphatic hydroxyl groups is 1. The average Bonchev–Trinajstić information content (AvgIpc) is 2.33. The van der Waals surface area contributed by atoms with Gasteiger partial charge in [-0.05, 0) is 18.9 Å². The molecule has 1 fully saturated rings. The monoisotopic (exact) mass is 291 g/mol. The molecule has 1 saturated heterocycles. The van der Waals surface area contributed by atoms with Gasteiger partial charge in [-0.3, -0.25) is 4.79 Å². The molecule has 4 nitrogen and oxygen atoms in total. The maximum atomic E-state index is 11.5. The van der Waals surface area contributed by atoms with Crippen LogP contribution < -0.4 is 5.32 Å². The van der Waals surface area contributed by atoms with Crippen LogP contribution in [0.4, 0.5) is 0 Å². The van der Waals surface area contributed by atoms with Gasteiger partial charge in [0.15, 0.2) is 6.10 Å². The van der Waals surface area contributed by atoms with Crippen LogP contribution in [0.2, 0.25) is 0 Å². The van der Waals surface area contributed by atoms with E-state index in [1.165, 1.54) is 0 Å². The number of amides is 1. The van der Waals surface area contributed by atoms with E-state index in [2.05, 4.69) is 5.32 Å². The summed E-state index contributed by atoms with van der Waals surface area (Å²) in [4.78, 5) is 11.5. The van der Waals surface area contributed by atoms with Gasteiger partial charge in [-0.2, -0.15) is 0 Å². The molecular formula is C12H15Cl2NO3. The van der Waals surface area contributed by atoms with Crippen LogP contribution in [-0.4, -0.2) is 29.3 Å². The molecule has 6 heteroatoms. The second kappa shape index (κ2) is 4.76. The lowest BCUT2D eigenvalue weighted by Gasteiger charge is -2.49. The van der Waals surface area contributed by atoms with Gasteiger partial charge in [0, 0.05) is 18.1 Å².